The van der Waals surface area contributed by atoms with Gasteiger partial charge in [-0.3, -0.25) is 24.3 Å². The number of aromatic nitrogens is 2. The second kappa shape index (κ2) is 22.7. The summed E-state index contributed by atoms with van der Waals surface area (Å²) >= 11 is 13.5. The highest BCUT2D eigenvalue weighted by molar-refractivity contribution is 6.31. The number of imidazole rings is 1. The molecule has 12 rings (SSSR count). The monoisotopic (exact) mass is 1140 g/mol. The molecule has 16 heteroatoms. The number of ether oxygens (including phenoxy) is 3. The Balaban J connectivity index is 1.01. The van der Waals surface area contributed by atoms with Crippen LogP contribution in [0, 0.1) is 22.2 Å². The quantitative estimate of drug-likeness (QED) is 0.0929. The summed E-state index contributed by atoms with van der Waals surface area (Å²) in [5.41, 5.74) is 3.87. The largest absolute Gasteiger partial charge is 0.457 e. The Kier molecular flexibility index (Phi) is 15.9. The zero-order valence-corrected chi connectivity index (χ0v) is 50.1. The minimum Gasteiger partial charge on any atom is -0.457 e. The second-order valence-electron chi connectivity index (χ2n) is 25.6. The Morgan fingerprint density at radius 3 is 2.31 bits per heavy atom. The van der Waals surface area contributed by atoms with Gasteiger partial charge in [0.15, 0.2) is 5.78 Å². The van der Waals surface area contributed by atoms with Gasteiger partial charge < -0.3 is 39.2 Å². The van der Waals surface area contributed by atoms with Crippen molar-refractivity contribution in [2.45, 2.75) is 126 Å². The van der Waals surface area contributed by atoms with Gasteiger partial charge in [-0.15, -0.1) is 0 Å². The van der Waals surface area contributed by atoms with Crippen LogP contribution in [-0.4, -0.2) is 175 Å². The molecule has 7 fully saturated rings. The van der Waals surface area contributed by atoms with Crippen LogP contribution in [0.25, 0.3) is 11.3 Å². The summed E-state index contributed by atoms with van der Waals surface area (Å²) in [6.07, 6.45) is 6.76. The molecule has 7 unspecified atom stereocenters. The van der Waals surface area contributed by atoms with E-state index in [4.69, 9.17) is 42.4 Å². The van der Waals surface area contributed by atoms with E-state index < -0.39 is 10.8 Å². The molecule has 1 aromatic heterocycles. The molecule has 7 heterocycles. The first-order valence-electron chi connectivity index (χ1n) is 29.7. The number of ketones is 1. The molecular formula is C65H83Cl2N9O5. The number of hydrogen-bond donors (Lipinski definition) is 2. The van der Waals surface area contributed by atoms with Crippen molar-refractivity contribution < 1.29 is 23.8 Å². The summed E-state index contributed by atoms with van der Waals surface area (Å²) in [5, 5.41) is 9.87. The van der Waals surface area contributed by atoms with Gasteiger partial charge in [0.05, 0.1) is 54.5 Å². The van der Waals surface area contributed by atoms with Gasteiger partial charge in [0.25, 0.3) is 0 Å². The molecular weight excluding hydrogens is 1060 g/mol. The standard InChI is InChI=1S/C65H83Cl2N9O5/c1-9-64-56-29-46(27-42-13-11-10-12-14-42)60(64)72(5)41(2)32-68-55-31-49(28-43-15-20-47(66)21-16-43)73(6)61-51(36-79-8)70-59(65(55,61)62(64)78)52(25-26-58(77)75-37-63(38-75)39-80-40-63)76(56)34-45-17-22-48(67)30-54(45)81-50-23-18-44(19-24-50)53-33-69-57(74(53)7)35-71(3)4/h10-24,30,33,41,46,49,51-52,55-56,59-61,68,70H,9,25-29,31-32,34-40H2,1-8H3/t41-,46+,49-,51+,52-,55?,56?,59?,60?,61?,64?,65?/m0/s1. The summed E-state index contributed by atoms with van der Waals surface area (Å²) in [4.78, 5) is 49.6. The van der Waals surface area contributed by atoms with Crippen LogP contribution in [0.5, 0.6) is 11.5 Å². The molecule has 4 aromatic carbocycles. The normalized spacial score (nSPS) is 31.7. The van der Waals surface area contributed by atoms with Gasteiger partial charge in [0.2, 0.25) is 5.91 Å². The number of piperidine rings is 1. The third-order valence-electron chi connectivity index (χ3n) is 20.6. The lowest BCUT2D eigenvalue weighted by Gasteiger charge is -2.57. The van der Waals surface area contributed by atoms with Crippen molar-refractivity contribution >= 4 is 34.9 Å². The maximum absolute atomic E-state index is 18.0. The molecule has 0 radical (unpaired) electrons. The van der Waals surface area contributed by atoms with Gasteiger partial charge in [-0.25, -0.2) is 4.98 Å². The highest BCUT2D eigenvalue weighted by Gasteiger charge is 2.77. The first kappa shape index (κ1) is 56.8. The second-order valence-corrected chi connectivity index (χ2v) is 26.4. The van der Waals surface area contributed by atoms with E-state index in [-0.39, 0.29) is 71.6 Å². The number of likely N-dealkylation sites (N-methyl/N-ethyl adjacent to an activating group) is 2. The summed E-state index contributed by atoms with van der Waals surface area (Å²) in [7, 11) is 12.5. The number of Topliss-reactive ketones (excluding diaryl/α,β-unsaturated/α-hetero) is 1. The molecule has 2 bridgehead atoms. The summed E-state index contributed by atoms with van der Waals surface area (Å²) in [6.45, 7) is 9.92. The fraction of sp³-hybridized carbons (Fsp3) is 0.554. The van der Waals surface area contributed by atoms with Crippen molar-refractivity contribution in [1.82, 2.24) is 44.7 Å². The first-order chi connectivity index (χ1) is 39.1. The maximum Gasteiger partial charge on any atom is 0.222 e. The molecule has 2 spiro atoms. The van der Waals surface area contributed by atoms with E-state index in [1.165, 1.54) is 11.1 Å². The van der Waals surface area contributed by atoms with Crippen molar-refractivity contribution in [3.63, 3.8) is 0 Å². The number of carbonyl (C=O) groups excluding carboxylic acids is 2. The van der Waals surface area contributed by atoms with Crippen LogP contribution in [0.1, 0.15) is 68.5 Å². The van der Waals surface area contributed by atoms with Gasteiger partial charge in [0, 0.05) is 122 Å². The molecule has 1 aliphatic carbocycles. The number of hydrogen-bond acceptors (Lipinski definition) is 12. The van der Waals surface area contributed by atoms with Crippen molar-refractivity contribution in [3.05, 3.63) is 136 Å². The third kappa shape index (κ3) is 9.98. The van der Waals surface area contributed by atoms with Gasteiger partial charge in [0.1, 0.15) is 17.3 Å². The Hall–Kier alpha value is -4.71. The number of methoxy groups -OCH3 is 1. The molecule has 81 heavy (non-hydrogen) atoms. The van der Waals surface area contributed by atoms with Gasteiger partial charge in [-0.05, 0) is 139 Å². The Morgan fingerprint density at radius 1 is 0.889 bits per heavy atom. The fourth-order valence-electron chi connectivity index (χ4n) is 16.8. The zero-order valence-electron chi connectivity index (χ0n) is 48.6. The molecule has 1 saturated carbocycles. The minimum atomic E-state index is -0.928. The molecule has 2 N–H and O–H groups in total. The number of benzene rings is 4. The molecule has 5 aromatic rings. The topological polar surface area (TPSA) is 120 Å². The minimum absolute atomic E-state index is 0.0891. The fourth-order valence-corrected chi connectivity index (χ4v) is 17.1. The molecule has 432 valence electrons. The van der Waals surface area contributed by atoms with Crippen LogP contribution in [0.3, 0.4) is 0 Å². The van der Waals surface area contributed by atoms with Crippen LogP contribution in [0.2, 0.25) is 10.0 Å². The third-order valence-corrected chi connectivity index (χ3v) is 21.1. The lowest BCUT2D eigenvalue weighted by Crippen LogP contribution is -2.73. The number of nitrogens with one attached hydrogen (secondary N) is 2. The number of rotatable bonds is 17. The predicted molar refractivity (Wildman–Crippen MR) is 319 cm³/mol. The molecule has 14 nitrogen and oxygen atoms in total. The van der Waals surface area contributed by atoms with Crippen LogP contribution in [-0.2, 0) is 52.0 Å². The lowest BCUT2D eigenvalue weighted by molar-refractivity contribution is -0.195. The van der Waals surface area contributed by atoms with E-state index >= 15 is 4.79 Å². The molecule has 12 atom stereocenters. The number of carbonyl (C=O) groups is 2. The van der Waals surface area contributed by atoms with Crippen molar-refractivity contribution in [2.75, 3.05) is 74.8 Å². The number of halogens is 2. The average Bonchev–Trinajstić information content (AvgIpc) is 3.38. The van der Waals surface area contributed by atoms with Crippen molar-refractivity contribution in [3.8, 4) is 22.8 Å². The summed E-state index contributed by atoms with van der Waals surface area (Å²) in [5.74, 6) is 3.02. The number of amides is 1. The molecule has 6 saturated heterocycles. The lowest BCUT2D eigenvalue weighted by atomic mass is 9.54. The maximum atomic E-state index is 18.0. The van der Waals surface area contributed by atoms with E-state index in [1.807, 2.05) is 47.5 Å². The molecule has 7 aliphatic rings. The smallest absolute Gasteiger partial charge is 0.222 e. The highest BCUT2D eigenvalue weighted by atomic mass is 35.5. The van der Waals surface area contributed by atoms with Crippen LogP contribution >= 0.6 is 23.2 Å². The van der Waals surface area contributed by atoms with Crippen LogP contribution < -0.4 is 15.4 Å². The summed E-state index contributed by atoms with van der Waals surface area (Å²) in [6, 6.07) is 32.2. The van der Waals surface area contributed by atoms with Gasteiger partial charge in [-0.2, -0.15) is 0 Å². The van der Waals surface area contributed by atoms with Crippen LogP contribution in [0.15, 0.2) is 103 Å². The SMILES string of the molecule is CCC12C(=O)C34C5C[C@H](Cc6ccc(Cl)cc6)N(C)C3[C@@H](COC)NC4[C@H](CCC(=O)N3CC4(COC4)C3)N(Cc3ccc(Cl)cc3Oc3ccc(-c4cnc(CN(C)C)n4C)cc3)C1C[C@@H](Cc1ccccc1)C2N(C)[C@@H](C)CN5. The number of nitrogens with zero attached hydrogens (tertiary/aromatic N) is 7. The first-order valence-corrected chi connectivity index (χ1v) is 30.4. The van der Waals surface area contributed by atoms with Gasteiger partial charge in [-0.1, -0.05) is 78.7 Å². The molecule has 1 amide bonds. The van der Waals surface area contributed by atoms with E-state index in [9.17, 15) is 4.79 Å². The molecule has 6 aliphatic heterocycles. The average molecular weight is 1140 g/mol. The van der Waals surface area contributed by atoms with Crippen molar-refractivity contribution in [1.29, 1.82) is 0 Å². The summed E-state index contributed by atoms with van der Waals surface area (Å²) < 4.78 is 21.1. The van der Waals surface area contributed by atoms with E-state index in [1.54, 1.807) is 7.11 Å². The van der Waals surface area contributed by atoms with Crippen molar-refractivity contribution in [2.24, 2.45) is 29.2 Å². The van der Waals surface area contributed by atoms with Crippen LogP contribution in [0.4, 0.5) is 0 Å². The highest BCUT2D eigenvalue weighted by Crippen LogP contribution is 2.63. The Labute approximate surface area is 489 Å². The number of likely N-dealkylation sites (tertiary alicyclic amines) is 3. The predicted octanol–water partition coefficient (Wildman–Crippen LogP) is 8.62. The van der Waals surface area contributed by atoms with Gasteiger partial charge >= 0.3 is 0 Å². The zero-order chi connectivity index (χ0) is 56.5. The van der Waals surface area contributed by atoms with E-state index in [0.717, 1.165) is 79.5 Å². The Bertz CT molecular complexity index is 3060. The van der Waals surface area contributed by atoms with E-state index in [2.05, 4.69) is 145 Å². The Morgan fingerprint density at radius 2 is 1.62 bits per heavy atom. The van der Waals surface area contributed by atoms with E-state index in [0.29, 0.717) is 67.9 Å².